The lowest BCUT2D eigenvalue weighted by Crippen LogP contribution is -2.14. The Labute approximate surface area is 125 Å². The highest BCUT2D eigenvalue weighted by Crippen LogP contribution is 2.15. The van der Waals surface area contributed by atoms with E-state index >= 15 is 0 Å². The summed E-state index contributed by atoms with van der Waals surface area (Å²) < 4.78 is 0. The molecule has 0 radical (unpaired) electrons. The molecular weight excluding hydrogens is 262 g/mol. The van der Waals surface area contributed by atoms with Crippen LogP contribution in [0.2, 0.25) is 0 Å². The van der Waals surface area contributed by atoms with Crippen LogP contribution in [0.5, 0.6) is 0 Å². The van der Waals surface area contributed by atoms with Crippen LogP contribution < -0.4 is 11.1 Å². The fourth-order valence-corrected chi connectivity index (χ4v) is 2.24. The number of anilines is 1. The maximum atomic E-state index is 12.3. The van der Waals surface area contributed by atoms with Crippen LogP contribution in [0.1, 0.15) is 33.7 Å². The van der Waals surface area contributed by atoms with E-state index in [9.17, 15) is 4.79 Å². The number of nitrogens with one attached hydrogen (secondary N) is 1. The van der Waals surface area contributed by atoms with E-state index in [1.54, 1.807) is 0 Å². The number of carbonyl (C=O) groups is 1. The molecule has 1 aromatic heterocycles. The van der Waals surface area contributed by atoms with Gasteiger partial charge in [0.2, 0.25) is 0 Å². The van der Waals surface area contributed by atoms with Gasteiger partial charge in [0.25, 0.3) is 5.91 Å². The van der Waals surface area contributed by atoms with Gasteiger partial charge in [-0.15, -0.1) is 0 Å². The third-order valence-corrected chi connectivity index (χ3v) is 3.32. The van der Waals surface area contributed by atoms with Gasteiger partial charge in [0.15, 0.2) is 0 Å². The van der Waals surface area contributed by atoms with E-state index < -0.39 is 0 Å². The number of carbonyl (C=O) groups excluding carboxylic acids is 1. The Kier molecular flexibility index (Phi) is 5.06. The molecule has 110 valence electrons. The summed E-state index contributed by atoms with van der Waals surface area (Å²) in [5.74, 6) is -0.129. The van der Waals surface area contributed by atoms with Crippen LogP contribution in [0.3, 0.4) is 0 Å². The quantitative estimate of drug-likeness (QED) is 0.886. The molecule has 0 saturated carbocycles. The average Bonchev–Trinajstić information content (AvgIpc) is 2.45. The van der Waals surface area contributed by atoms with Crippen LogP contribution in [0.25, 0.3) is 0 Å². The second-order valence-corrected chi connectivity index (χ2v) is 5.13. The lowest BCUT2D eigenvalue weighted by Gasteiger charge is -2.09. The molecule has 0 aliphatic carbocycles. The molecule has 2 rings (SSSR count). The van der Waals surface area contributed by atoms with Gasteiger partial charge in [-0.1, -0.05) is 12.1 Å². The Bertz CT molecular complexity index is 638. The van der Waals surface area contributed by atoms with Gasteiger partial charge in [-0.2, -0.15) is 0 Å². The molecule has 0 spiro atoms. The molecule has 3 N–H and O–H groups in total. The van der Waals surface area contributed by atoms with E-state index in [-0.39, 0.29) is 5.91 Å². The summed E-state index contributed by atoms with van der Waals surface area (Å²) in [5, 5.41) is 2.93. The van der Waals surface area contributed by atoms with Gasteiger partial charge in [0.05, 0.1) is 11.3 Å². The monoisotopic (exact) mass is 283 g/mol. The van der Waals surface area contributed by atoms with Crippen molar-refractivity contribution >= 4 is 11.6 Å². The topological polar surface area (TPSA) is 68.0 Å². The number of benzene rings is 1. The van der Waals surface area contributed by atoms with Crippen LogP contribution in [0.4, 0.5) is 5.69 Å². The Balaban J connectivity index is 2.12. The summed E-state index contributed by atoms with van der Waals surface area (Å²) >= 11 is 0. The van der Waals surface area contributed by atoms with E-state index in [4.69, 9.17) is 5.73 Å². The summed E-state index contributed by atoms with van der Waals surface area (Å²) in [6.45, 7) is 4.43. The maximum absolute atomic E-state index is 12.3. The zero-order valence-electron chi connectivity index (χ0n) is 12.5. The number of pyridine rings is 1. The third kappa shape index (κ3) is 4.13. The number of rotatable bonds is 5. The number of amides is 1. The molecule has 1 aromatic carbocycles. The van der Waals surface area contributed by atoms with E-state index in [1.807, 2.05) is 50.2 Å². The highest BCUT2D eigenvalue weighted by atomic mass is 16.1. The maximum Gasteiger partial charge on any atom is 0.257 e. The van der Waals surface area contributed by atoms with E-state index in [2.05, 4.69) is 10.3 Å². The van der Waals surface area contributed by atoms with Crippen molar-refractivity contribution in [2.45, 2.75) is 26.7 Å². The number of aromatic nitrogens is 1. The minimum absolute atomic E-state index is 0.129. The number of hydrogen-bond acceptors (Lipinski definition) is 3. The van der Waals surface area contributed by atoms with Crippen molar-refractivity contribution in [3.63, 3.8) is 0 Å². The van der Waals surface area contributed by atoms with Crippen LogP contribution in [0.15, 0.2) is 36.4 Å². The predicted molar refractivity (Wildman–Crippen MR) is 85.5 cm³/mol. The van der Waals surface area contributed by atoms with Gasteiger partial charge in [0.1, 0.15) is 0 Å². The fraction of sp³-hybridized carbons (Fsp3) is 0.294. The lowest BCUT2D eigenvalue weighted by molar-refractivity contribution is 0.102. The van der Waals surface area contributed by atoms with Crippen LogP contribution in [0, 0.1) is 13.8 Å². The fourth-order valence-electron chi connectivity index (χ4n) is 2.24. The van der Waals surface area contributed by atoms with Crippen molar-refractivity contribution in [1.82, 2.24) is 4.98 Å². The molecule has 0 atom stereocenters. The Hall–Kier alpha value is -2.20. The van der Waals surface area contributed by atoms with E-state index in [0.29, 0.717) is 12.1 Å². The van der Waals surface area contributed by atoms with Gasteiger partial charge in [-0.3, -0.25) is 9.78 Å². The zero-order chi connectivity index (χ0) is 15.2. The SMILES string of the molecule is Cc1ccc(C(=O)Nc2cccc(CCCN)c2)c(C)n1. The van der Waals surface area contributed by atoms with Crippen molar-refractivity contribution in [2.24, 2.45) is 5.73 Å². The number of nitrogens with zero attached hydrogens (tertiary/aromatic N) is 1. The molecule has 0 bridgehead atoms. The normalized spacial score (nSPS) is 10.4. The molecular formula is C17H21N3O. The lowest BCUT2D eigenvalue weighted by atomic mass is 10.1. The van der Waals surface area contributed by atoms with Crippen molar-refractivity contribution in [3.8, 4) is 0 Å². The largest absolute Gasteiger partial charge is 0.330 e. The highest BCUT2D eigenvalue weighted by Gasteiger charge is 2.10. The smallest absolute Gasteiger partial charge is 0.257 e. The summed E-state index contributed by atoms with van der Waals surface area (Å²) in [6.07, 6.45) is 1.86. The van der Waals surface area contributed by atoms with Crippen molar-refractivity contribution in [3.05, 3.63) is 58.9 Å². The van der Waals surface area contributed by atoms with Crippen molar-refractivity contribution < 1.29 is 4.79 Å². The second-order valence-electron chi connectivity index (χ2n) is 5.13. The van der Waals surface area contributed by atoms with Crippen LogP contribution in [-0.4, -0.2) is 17.4 Å². The molecule has 0 unspecified atom stereocenters. The second kappa shape index (κ2) is 6.99. The van der Waals surface area contributed by atoms with Crippen LogP contribution >= 0.6 is 0 Å². The van der Waals surface area contributed by atoms with Crippen LogP contribution in [-0.2, 0) is 6.42 Å². The molecule has 0 aliphatic heterocycles. The summed E-state index contributed by atoms with van der Waals surface area (Å²) in [7, 11) is 0. The highest BCUT2D eigenvalue weighted by molar-refractivity contribution is 6.05. The first-order valence-corrected chi connectivity index (χ1v) is 7.15. The Morgan fingerprint density at radius 3 is 2.76 bits per heavy atom. The first kappa shape index (κ1) is 15.2. The Morgan fingerprint density at radius 1 is 1.24 bits per heavy atom. The average molecular weight is 283 g/mol. The van der Waals surface area contributed by atoms with Crippen molar-refractivity contribution in [2.75, 3.05) is 11.9 Å². The Morgan fingerprint density at radius 2 is 2.05 bits per heavy atom. The van der Waals surface area contributed by atoms with Crippen molar-refractivity contribution in [1.29, 1.82) is 0 Å². The van der Waals surface area contributed by atoms with Gasteiger partial charge in [0, 0.05) is 11.4 Å². The van der Waals surface area contributed by atoms with E-state index in [0.717, 1.165) is 29.9 Å². The molecule has 2 aromatic rings. The minimum atomic E-state index is -0.129. The third-order valence-electron chi connectivity index (χ3n) is 3.32. The summed E-state index contributed by atoms with van der Waals surface area (Å²) in [6, 6.07) is 11.5. The van der Waals surface area contributed by atoms with Gasteiger partial charge >= 0.3 is 0 Å². The standard InChI is InChI=1S/C17H21N3O/c1-12-8-9-16(13(2)19-12)17(21)20-15-7-3-5-14(11-15)6-4-10-18/h3,5,7-9,11H,4,6,10,18H2,1-2H3,(H,20,21). The molecule has 4 heteroatoms. The zero-order valence-corrected chi connectivity index (χ0v) is 12.5. The summed E-state index contributed by atoms with van der Waals surface area (Å²) in [4.78, 5) is 16.6. The minimum Gasteiger partial charge on any atom is -0.330 e. The van der Waals surface area contributed by atoms with E-state index in [1.165, 1.54) is 5.56 Å². The first-order chi connectivity index (χ1) is 10.1. The molecule has 0 saturated heterocycles. The predicted octanol–water partition coefficient (Wildman–Crippen LogP) is 2.84. The summed E-state index contributed by atoms with van der Waals surface area (Å²) in [5.41, 5.74) is 9.76. The van der Waals surface area contributed by atoms with Gasteiger partial charge in [-0.05, 0) is 63.1 Å². The number of aryl methyl sites for hydroxylation is 3. The molecule has 0 aliphatic rings. The van der Waals surface area contributed by atoms with Gasteiger partial charge < -0.3 is 11.1 Å². The number of nitrogens with two attached hydrogens (primary N) is 1. The molecule has 4 nitrogen and oxygen atoms in total. The first-order valence-electron chi connectivity index (χ1n) is 7.15. The molecule has 21 heavy (non-hydrogen) atoms. The molecule has 1 amide bonds. The molecule has 0 fully saturated rings. The number of hydrogen-bond donors (Lipinski definition) is 2. The van der Waals surface area contributed by atoms with Gasteiger partial charge in [-0.25, -0.2) is 0 Å². The molecule has 1 heterocycles.